The van der Waals surface area contributed by atoms with Gasteiger partial charge in [-0.25, -0.2) is 0 Å². The van der Waals surface area contributed by atoms with Crippen LogP contribution in [0.15, 0.2) is 0 Å². The lowest BCUT2D eigenvalue weighted by molar-refractivity contribution is -0.121. The molecule has 0 fully saturated rings. The van der Waals surface area contributed by atoms with Crippen LogP contribution in [0, 0.1) is 5.92 Å². The monoisotopic (exact) mass is 176 g/mol. The fourth-order valence-electron chi connectivity index (χ4n) is 0.861. The van der Waals surface area contributed by atoms with Crippen LogP contribution in [-0.2, 0) is 4.79 Å². The van der Waals surface area contributed by atoms with Gasteiger partial charge < -0.3 is 20.1 Å². The summed E-state index contributed by atoms with van der Waals surface area (Å²) in [5, 5.41) is 27.6. The van der Waals surface area contributed by atoms with Crippen LogP contribution in [0.25, 0.3) is 0 Å². The number of carbonyl (C=O) groups is 1. The molecule has 0 aromatic carbocycles. The number of aliphatic hydroxyl groups is 3. The second-order valence-electron chi connectivity index (χ2n) is 2.95. The Labute approximate surface area is 71.8 Å². The van der Waals surface area contributed by atoms with Crippen LogP contribution in [0.4, 0.5) is 0 Å². The van der Waals surface area contributed by atoms with Crippen molar-refractivity contribution in [2.24, 2.45) is 5.92 Å². The summed E-state index contributed by atoms with van der Waals surface area (Å²) in [5.74, 6) is -0.652. The van der Waals surface area contributed by atoms with E-state index in [1.807, 2.05) is 0 Å². The van der Waals surface area contributed by atoms with Crippen molar-refractivity contribution < 1.29 is 20.1 Å². The number of rotatable bonds is 5. The first-order valence-corrected chi connectivity index (χ1v) is 4.04. The van der Waals surface area contributed by atoms with Gasteiger partial charge in [-0.2, -0.15) is 0 Å². The third-order valence-electron chi connectivity index (χ3n) is 1.92. The average molecular weight is 176 g/mol. The van der Waals surface area contributed by atoms with E-state index in [0.29, 0.717) is 12.7 Å². The first-order valence-electron chi connectivity index (χ1n) is 4.04. The fourth-order valence-corrected chi connectivity index (χ4v) is 0.861. The van der Waals surface area contributed by atoms with Gasteiger partial charge >= 0.3 is 0 Å². The predicted molar refractivity (Wildman–Crippen MR) is 43.5 cm³/mol. The molecule has 0 amide bonds. The summed E-state index contributed by atoms with van der Waals surface area (Å²) in [5.41, 5.74) is 0. The van der Waals surface area contributed by atoms with Gasteiger partial charge in [0.25, 0.3) is 0 Å². The highest BCUT2D eigenvalue weighted by Crippen LogP contribution is 2.10. The number of carbonyl (C=O) groups excluding carboxylic acids is 1. The number of hydrogen-bond acceptors (Lipinski definition) is 4. The topological polar surface area (TPSA) is 77.8 Å². The molecule has 0 saturated heterocycles. The van der Waals surface area contributed by atoms with Crippen LogP contribution in [0.3, 0.4) is 0 Å². The number of aldehydes is 1. The maximum atomic E-state index is 10.2. The van der Waals surface area contributed by atoms with Gasteiger partial charge in [-0.1, -0.05) is 13.8 Å². The van der Waals surface area contributed by atoms with Crippen molar-refractivity contribution in [2.45, 2.75) is 38.6 Å². The highest BCUT2D eigenvalue weighted by molar-refractivity contribution is 5.53. The van der Waals surface area contributed by atoms with Gasteiger partial charge in [0.05, 0.1) is 12.2 Å². The maximum Gasteiger partial charge on any atom is 0.125 e. The summed E-state index contributed by atoms with van der Waals surface area (Å²) < 4.78 is 0. The van der Waals surface area contributed by atoms with Crippen molar-refractivity contribution in [3.8, 4) is 0 Å². The lowest BCUT2D eigenvalue weighted by atomic mass is 9.96. The zero-order valence-electron chi connectivity index (χ0n) is 7.34. The highest BCUT2D eigenvalue weighted by atomic mass is 16.4. The van der Waals surface area contributed by atoms with Crippen molar-refractivity contribution in [2.75, 3.05) is 0 Å². The normalized spacial score (nSPS) is 21.1. The molecule has 0 heterocycles. The first-order chi connectivity index (χ1) is 5.54. The van der Waals surface area contributed by atoms with E-state index in [0.717, 1.165) is 0 Å². The Morgan fingerprint density at radius 2 is 1.75 bits per heavy atom. The van der Waals surface area contributed by atoms with Gasteiger partial charge in [0.15, 0.2) is 0 Å². The Morgan fingerprint density at radius 3 is 2.08 bits per heavy atom. The van der Waals surface area contributed by atoms with Gasteiger partial charge in [-0.05, 0) is 6.42 Å². The molecule has 0 spiro atoms. The summed E-state index contributed by atoms with van der Waals surface area (Å²) in [6.07, 6.45) is -2.49. The SMILES string of the molecule is CC[C@@H](O)[C@@H](O)[C@H](O)[C@H](C)C=O. The molecule has 0 aliphatic rings. The number of hydrogen-bond donors (Lipinski definition) is 3. The molecule has 0 rings (SSSR count). The minimum absolute atomic E-state index is 0.351. The van der Waals surface area contributed by atoms with Gasteiger partial charge in [0.1, 0.15) is 12.4 Å². The van der Waals surface area contributed by atoms with E-state index in [-0.39, 0.29) is 0 Å². The van der Waals surface area contributed by atoms with Gasteiger partial charge in [0, 0.05) is 5.92 Å². The molecule has 0 aliphatic heterocycles. The third kappa shape index (κ3) is 2.89. The fraction of sp³-hybridized carbons (Fsp3) is 0.875. The Morgan fingerprint density at radius 1 is 1.25 bits per heavy atom. The Hall–Kier alpha value is -0.450. The van der Waals surface area contributed by atoms with E-state index >= 15 is 0 Å². The van der Waals surface area contributed by atoms with Crippen molar-refractivity contribution in [3.63, 3.8) is 0 Å². The lowest BCUT2D eigenvalue weighted by Gasteiger charge is -2.23. The minimum Gasteiger partial charge on any atom is -0.390 e. The van der Waals surface area contributed by atoms with Gasteiger partial charge in [-0.15, -0.1) is 0 Å². The highest BCUT2D eigenvalue weighted by Gasteiger charge is 2.27. The quantitative estimate of drug-likeness (QED) is 0.485. The lowest BCUT2D eigenvalue weighted by Crippen LogP contribution is -2.41. The van der Waals surface area contributed by atoms with E-state index in [4.69, 9.17) is 5.11 Å². The Kier molecular flexibility index (Phi) is 5.04. The second kappa shape index (κ2) is 5.24. The maximum absolute atomic E-state index is 10.2. The van der Waals surface area contributed by atoms with Crippen molar-refractivity contribution in [3.05, 3.63) is 0 Å². The third-order valence-corrected chi connectivity index (χ3v) is 1.92. The van der Waals surface area contributed by atoms with Crippen LogP contribution in [0.2, 0.25) is 0 Å². The predicted octanol–water partition coefficient (Wildman–Crippen LogP) is -0.686. The Bertz CT molecular complexity index is 137. The molecular weight excluding hydrogens is 160 g/mol. The molecule has 4 heteroatoms. The zero-order chi connectivity index (χ0) is 9.72. The molecule has 72 valence electrons. The molecule has 4 nitrogen and oxygen atoms in total. The number of aliphatic hydroxyl groups excluding tert-OH is 3. The van der Waals surface area contributed by atoms with E-state index in [2.05, 4.69) is 0 Å². The molecule has 12 heavy (non-hydrogen) atoms. The second-order valence-corrected chi connectivity index (χ2v) is 2.95. The zero-order valence-corrected chi connectivity index (χ0v) is 7.34. The van der Waals surface area contributed by atoms with E-state index < -0.39 is 24.2 Å². The molecule has 0 saturated carbocycles. The molecule has 0 unspecified atom stereocenters. The first kappa shape index (κ1) is 11.6. The molecule has 0 bridgehead atoms. The van der Waals surface area contributed by atoms with Crippen LogP contribution < -0.4 is 0 Å². The largest absolute Gasteiger partial charge is 0.390 e. The van der Waals surface area contributed by atoms with Gasteiger partial charge in [0.2, 0.25) is 0 Å². The molecule has 0 aromatic rings. The summed E-state index contributed by atoms with van der Waals surface area (Å²) in [4.78, 5) is 10.2. The molecule has 4 atom stereocenters. The summed E-state index contributed by atoms with van der Waals surface area (Å²) >= 11 is 0. The van der Waals surface area contributed by atoms with E-state index in [9.17, 15) is 15.0 Å². The van der Waals surface area contributed by atoms with Crippen LogP contribution in [0.5, 0.6) is 0 Å². The Balaban J connectivity index is 4.07. The van der Waals surface area contributed by atoms with Crippen molar-refractivity contribution in [1.82, 2.24) is 0 Å². The molecular formula is C8H16O4. The average Bonchev–Trinajstić information content (AvgIpc) is 2.12. The van der Waals surface area contributed by atoms with Crippen molar-refractivity contribution in [1.29, 1.82) is 0 Å². The van der Waals surface area contributed by atoms with Crippen molar-refractivity contribution >= 4 is 6.29 Å². The van der Waals surface area contributed by atoms with E-state index in [1.54, 1.807) is 6.92 Å². The molecule has 3 N–H and O–H groups in total. The summed E-state index contributed by atoms with van der Waals surface area (Å²) in [7, 11) is 0. The molecule has 0 radical (unpaired) electrons. The van der Waals surface area contributed by atoms with E-state index in [1.165, 1.54) is 6.92 Å². The standard InChI is InChI=1S/C8H16O4/c1-3-6(10)8(12)7(11)5(2)4-9/h4-8,10-12H,3H2,1-2H3/t5-,6-,7-,8-/m1/s1. The minimum atomic E-state index is -1.24. The smallest absolute Gasteiger partial charge is 0.125 e. The van der Waals surface area contributed by atoms with Crippen LogP contribution >= 0.6 is 0 Å². The van der Waals surface area contributed by atoms with Crippen LogP contribution in [0.1, 0.15) is 20.3 Å². The summed E-state index contributed by atoms with van der Waals surface area (Å²) in [6, 6.07) is 0. The molecule has 0 aromatic heterocycles. The van der Waals surface area contributed by atoms with Crippen LogP contribution in [-0.4, -0.2) is 39.9 Å². The molecule has 0 aliphatic carbocycles. The summed E-state index contributed by atoms with van der Waals surface area (Å²) in [6.45, 7) is 3.18. The van der Waals surface area contributed by atoms with Gasteiger partial charge in [-0.3, -0.25) is 0 Å².